The summed E-state index contributed by atoms with van der Waals surface area (Å²) in [5, 5.41) is 0. The van der Waals surface area contributed by atoms with Gasteiger partial charge in [-0.25, -0.2) is 0 Å². The maximum atomic E-state index is 11.6. The average molecular weight is 352 g/mol. The van der Waals surface area contributed by atoms with Crippen LogP contribution in [0.25, 0.3) is 6.08 Å². The minimum absolute atomic E-state index is 0.0281. The number of hydrogen-bond donors (Lipinski definition) is 0. The first kappa shape index (κ1) is 18.4. The van der Waals surface area contributed by atoms with Crippen LogP contribution < -0.4 is 0 Å². The third-order valence-corrected chi connectivity index (χ3v) is 4.51. The van der Waals surface area contributed by atoms with E-state index in [1.165, 1.54) is 12.5 Å². The van der Waals surface area contributed by atoms with Gasteiger partial charge in [0.05, 0.1) is 13.2 Å². The van der Waals surface area contributed by atoms with Crippen molar-refractivity contribution < 1.29 is 19.0 Å². The topological polar surface area (TPSA) is 44.8 Å². The lowest BCUT2D eigenvalue weighted by molar-refractivity contribution is -0.162. The third-order valence-electron chi connectivity index (χ3n) is 4.51. The van der Waals surface area contributed by atoms with E-state index in [0.29, 0.717) is 13.2 Å². The molecule has 4 heteroatoms. The number of methoxy groups -OCH3 is 1. The second-order valence-electron chi connectivity index (χ2n) is 6.37. The Balaban J connectivity index is 1.94. The number of rotatable bonds is 6. The van der Waals surface area contributed by atoms with Gasteiger partial charge < -0.3 is 14.2 Å². The molecule has 4 nitrogen and oxygen atoms in total. The Morgan fingerprint density at radius 1 is 1.19 bits per heavy atom. The Kier molecular flexibility index (Phi) is 6.21. The lowest BCUT2D eigenvalue weighted by Gasteiger charge is -2.36. The molecule has 1 aliphatic rings. The van der Waals surface area contributed by atoms with Crippen molar-refractivity contribution in [2.45, 2.75) is 31.7 Å². The molecule has 0 aliphatic carbocycles. The van der Waals surface area contributed by atoms with Crippen LogP contribution >= 0.6 is 0 Å². The molecule has 26 heavy (non-hydrogen) atoms. The molecular formula is C22H24O4. The van der Waals surface area contributed by atoms with Crippen molar-refractivity contribution in [2.24, 2.45) is 0 Å². The van der Waals surface area contributed by atoms with Gasteiger partial charge in [0.15, 0.2) is 6.10 Å². The molecule has 1 heterocycles. The van der Waals surface area contributed by atoms with E-state index in [1.54, 1.807) is 7.11 Å². The van der Waals surface area contributed by atoms with Gasteiger partial charge in [0.25, 0.3) is 0 Å². The second kappa shape index (κ2) is 8.79. The zero-order valence-corrected chi connectivity index (χ0v) is 15.1. The molecule has 3 atom stereocenters. The zero-order chi connectivity index (χ0) is 18.4. The Hall–Kier alpha value is -2.43. The van der Waals surface area contributed by atoms with Crippen molar-refractivity contribution in [1.29, 1.82) is 0 Å². The van der Waals surface area contributed by atoms with Crippen LogP contribution in [0.1, 0.15) is 29.5 Å². The van der Waals surface area contributed by atoms with Crippen LogP contribution in [0.3, 0.4) is 0 Å². The predicted molar refractivity (Wildman–Crippen MR) is 101 cm³/mol. The van der Waals surface area contributed by atoms with Gasteiger partial charge in [0.2, 0.25) is 0 Å². The van der Waals surface area contributed by atoms with Crippen molar-refractivity contribution in [1.82, 2.24) is 0 Å². The van der Waals surface area contributed by atoms with Gasteiger partial charge >= 0.3 is 5.97 Å². The molecule has 0 saturated heterocycles. The van der Waals surface area contributed by atoms with E-state index in [1.807, 2.05) is 30.3 Å². The summed E-state index contributed by atoms with van der Waals surface area (Å²) in [4.78, 5) is 11.6. The fraction of sp³-hybridized carbons (Fsp3) is 0.318. The molecule has 0 saturated carbocycles. The summed E-state index contributed by atoms with van der Waals surface area (Å²) in [6.45, 7) is 2.20. The molecule has 0 radical (unpaired) electrons. The van der Waals surface area contributed by atoms with Gasteiger partial charge in [-0.15, -0.1) is 0 Å². The van der Waals surface area contributed by atoms with Crippen LogP contribution in [0, 0.1) is 0 Å². The average Bonchev–Trinajstić information content (AvgIpc) is 2.66. The molecule has 0 bridgehead atoms. The molecule has 0 N–H and O–H groups in total. The molecule has 2 aromatic carbocycles. The summed E-state index contributed by atoms with van der Waals surface area (Å²) in [7, 11) is 1.60. The molecule has 0 aromatic heterocycles. The van der Waals surface area contributed by atoms with Gasteiger partial charge in [0.1, 0.15) is 6.10 Å². The van der Waals surface area contributed by atoms with Gasteiger partial charge in [-0.05, 0) is 16.7 Å². The van der Waals surface area contributed by atoms with E-state index >= 15 is 0 Å². The van der Waals surface area contributed by atoms with Gasteiger partial charge in [-0.2, -0.15) is 0 Å². The number of carbonyl (C=O) groups is 1. The molecule has 2 aromatic rings. The monoisotopic (exact) mass is 352 g/mol. The fourth-order valence-corrected chi connectivity index (χ4v) is 3.36. The number of esters is 1. The third kappa shape index (κ3) is 4.40. The second-order valence-corrected chi connectivity index (χ2v) is 6.37. The molecule has 1 aliphatic heterocycles. The van der Waals surface area contributed by atoms with Crippen LogP contribution in [0.4, 0.5) is 0 Å². The molecule has 3 rings (SSSR count). The maximum Gasteiger partial charge on any atom is 0.303 e. The highest BCUT2D eigenvalue weighted by Gasteiger charge is 2.36. The van der Waals surface area contributed by atoms with Crippen LogP contribution in [0.2, 0.25) is 0 Å². The summed E-state index contributed by atoms with van der Waals surface area (Å²) in [5.74, 6) is -0.361. The largest absolute Gasteiger partial charge is 0.457 e. The van der Waals surface area contributed by atoms with Gasteiger partial charge in [-0.1, -0.05) is 66.7 Å². The first-order valence-corrected chi connectivity index (χ1v) is 8.78. The molecular weight excluding hydrogens is 328 g/mol. The van der Waals surface area contributed by atoms with Crippen LogP contribution in [-0.2, 0) is 25.6 Å². The lowest BCUT2D eigenvalue weighted by Crippen LogP contribution is -2.42. The van der Waals surface area contributed by atoms with Crippen LogP contribution in [0.5, 0.6) is 0 Å². The van der Waals surface area contributed by atoms with E-state index in [4.69, 9.17) is 14.2 Å². The summed E-state index contributed by atoms with van der Waals surface area (Å²) < 4.78 is 16.9. The van der Waals surface area contributed by atoms with E-state index in [9.17, 15) is 4.79 Å². The normalized spacial score (nSPS) is 20.5. The summed E-state index contributed by atoms with van der Waals surface area (Å²) >= 11 is 0. The molecule has 0 spiro atoms. The molecule has 3 unspecified atom stereocenters. The van der Waals surface area contributed by atoms with Crippen molar-refractivity contribution in [2.75, 3.05) is 13.7 Å². The lowest BCUT2D eigenvalue weighted by atomic mass is 9.84. The first-order valence-electron chi connectivity index (χ1n) is 8.78. The highest BCUT2D eigenvalue weighted by molar-refractivity contribution is 5.66. The molecule has 0 fully saturated rings. The predicted octanol–water partition coefficient (Wildman–Crippen LogP) is 3.96. The first-order chi connectivity index (χ1) is 12.7. The molecule has 0 amide bonds. The van der Waals surface area contributed by atoms with Crippen molar-refractivity contribution in [3.8, 4) is 0 Å². The quantitative estimate of drug-likeness (QED) is 0.738. The van der Waals surface area contributed by atoms with E-state index in [2.05, 4.69) is 36.4 Å². The van der Waals surface area contributed by atoms with Crippen molar-refractivity contribution in [3.63, 3.8) is 0 Å². The van der Waals surface area contributed by atoms with Crippen LogP contribution in [-0.4, -0.2) is 31.9 Å². The maximum absolute atomic E-state index is 11.6. The Morgan fingerprint density at radius 2 is 1.92 bits per heavy atom. The number of hydrogen-bond acceptors (Lipinski definition) is 4. The van der Waals surface area contributed by atoms with E-state index < -0.39 is 6.10 Å². The number of ether oxygens (including phenoxy) is 3. The van der Waals surface area contributed by atoms with E-state index in [0.717, 1.165) is 11.1 Å². The number of benzene rings is 2. The van der Waals surface area contributed by atoms with Crippen molar-refractivity contribution >= 4 is 12.0 Å². The minimum atomic E-state index is -0.462. The fourth-order valence-electron chi connectivity index (χ4n) is 3.36. The van der Waals surface area contributed by atoms with Crippen molar-refractivity contribution in [3.05, 3.63) is 77.4 Å². The van der Waals surface area contributed by atoms with Gasteiger partial charge in [0, 0.05) is 20.0 Å². The zero-order valence-electron chi connectivity index (χ0n) is 15.1. The van der Waals surface area contributed by atoms with Gasteiger partial charge in [-0.3, -0.25) is 4.79 Å². The van der Waals surface area contributed by atoms with Crippen LogP contribution in [0.15, 0.2) is 60.7 Å². The number of fused-ring (bicyclic) bond motifs is 1. The Labute approximate surface area is 154 Å². The highest BCUT2D eigenvalue weighted by Crippen LogP contribution is 2.35. The molecule has 136 valence electrons. The highest BCUT2D eigenvalue weighted by atomic mass is 16.6. The summed E-state index contributed by atoms with van der Waals surface area (Å²) in [6.07, 6.45) is 3.45. The minimum Gasteiger partial charge on any atom is -0.457 e. The Bertz CT molecular complexity index is 754. The summed E-state index contributed by atoms with van der Waals surface area (Å²) in [6, 6.07) is 18.4. The smallest absolute Gasteiger partial charge is 0.303 e. The Morgan fingerprint density at radius 3 is 2.65 bits per heavy atom. The summed E-state index contributed by atoms with van der Waals surface area (Å²) in [5.41, 5.74) is 3.47. The van der Waals surface area contributed by atoms with E-state index in [-0.39, 0.29) is 18.0 Å². The SMILES string of the molecule is COCC(OC(C)=O)C1OCc2ccccc2C1C=Cc1ccccc1. The standard InChI is InChI=1S/C22H24O4/c1-16(23)26-21(15-24-2)22-20(13-12-17-8-4-3-5-9-17)19-11-7-6-10-18(19)14-25-22/h3-13,20-22H,14-15H2,1-2H3. The number of carbonyl (C=O) groups excluding carboxylic acids is 1.